The van der Waals surface area contributed by atoms with E-state index in [1.807, 2.05) is 30.3 Å². The van der Waals surface area contributed by atoms with E-state index >= 15 is 0 Å². The first-order chi connectivity index (χ1) is 9.72. The van der Waals surface area contributed by atoms with E-state index in [2.05, 4.69) is 16.0 Å². The molecule has 20 heavy (non-hydrogen) atoms. The highest BCUT2D eigenvalue weighted by molar-refractivity contribution is 5.96. The third-order valence-electron chi connectivity index (χ3n) is 3.20. The van der Waals surface area contributed by atoms with Crippen LogP contribution in [0.2, 0.25) is 0 Å². The summed E-state index contributed by atoms with van der Waals surface area (Å²) in [6, 6.07) is 11.9. The van der Waals surface area contributed by atoms with E-state index in [0.29, 0.717) is 29.0 Å². The van der Waals surface area contributed by atoms with Crippen molar-refractivity contribution in [2.45, 2.75) is 6.54 Å². The van der Waals surface area contributed by atoms with Crippen LogP contribution in [0.5, 0.6) is 0 Å². The number of nitrogen functional groups attached to an aromatic ring is 2. The highest BCUT2D eigenvalue weighted by atomic mass is 15.1. The molecule has 0 saturated heterocycles. The predicted octanol–water partition coefficient (Wildman–Crippen LogP) is 1.52. The van der Waals surface area contributed by atoms with Gasteiger partial charge in [0.05, 0.1) is 11.9 Å². The molecule has 0 spiro atoms. The summed E-state index contributed by atoms with van der Waals surface area (Å²) >= 11 is 0. The van der Waals surface area contributed by atoms with E-state index < -0.39 is 0 Å². The molecule has 0 amide bonds. The van der Waals surface area contributed by atoms with Crippen molar-refractivity contribution in [3.63, 3.8) is 0 Å². The lowest BCUT2D eigenvalue weighted by atomic mass is 10.2. The Kier molecular flexibility index (Phi) is 2.73. The minimum Gasteiger partial charge on any atom is -0.384 e. The molecule has 98 valence electrons. The van der Waals surface area contributed by atoms with Crippen LogP contribution in [0.15, 0.2) is 36.7 Å². The van der Waals surface area contributed by atoms with Crippen LogP contribution in [-0.2, 0) is 6.54 Å². The molecule has 6 heteroatoms. The third-order valence-corrected chi connectivity index (χ3v) is 3.20. The molecule has 0 radical (unpaired) electrons. The van der Waals surface area contributed by atoms with Crippen molar-refractivity contribution in [2.24, 2.45) is 0 Å². The van der Waals surface area contributed by atoms with Crippen LogP contribution in [-0.4, -0.2) is 14.5 Å². The van der Waals surface area contributed by atoms with Crippen LogP contribution < -0.4 is 11.5 Å². The minimum atomic E-state index is 0.269. The van der Waals surface area contributed by atoms with Gasteiger partial charge in [-0.05, 0) is 5.56 Å². The van der Waals surface area contributed by atoms with Gasteiger partial charge in [0.1, 0.15) is 35.2 Å². The summed E-state index contributed by atoms with van der Waals surface area (Å²) < 4.78 is 1.78. The second kappa shape index (κ2) is 4.55. The van der Waals surface area contributed by atoms with Crippen LogP contribution in [0.1, 0.15) is 11.1 Å². The Balaban J connectivity index is 2.24. The maximum Gasteiger partial charge on any atom is 0.148 e. The van der Waals surface area contributed by atoms with Gasteiger partial charge in [-0.25, -0.2) is 9.97 Å². The van der Waals surface area contributed by atoms with Gasteiger partial charge in [-0.3, -0.25) is 0 Å². The van der Waals surface area contributed by atoms with Gasteiger partial charge in [0, 0.05) is 0 Å². The van der Waals surface area contributed by atoms with Crippen molar-refractivity contribution in [1.82, 2.24) is 14.5 Å². The molecule has 1 aromatic carbocycles. The zero-order valence-electron chi connectivity index (χ0n) is 10.6. The quantitative estimate of drug-likeness (QED) is 0.729. The Hall–Kier alpha value is -3.07. The van der Waals surface area contributed by atoms with E-state index in [0.717, 1.165) is 5.56 Å². The smallest absolute Gasteiger partial charge is 0.148 e. The summed E-state index contributed by atoms with van der Waals surface area (Å²) in [5, 5.41) is 9.78. The van der Waals surface area contributed by atoms with Gasteiger partial charge in [0.15, 0.2) is 0 Å². The van der Waals surface area contributed by atoms with Crippen LogP contribution in [0.25, 0.3) is 11.0 Å². The van der Waals surface area contributed by atoms with Crippen LogP contribution >= 0.6 is 0 Å². The van der Waals surface area contributed by atoms with Crippen molar-refractivity contribution >= 4 is 22.7 Å². The molecule has 4 N–H and O–H groups in total. The molecule has 0 saturated carbocycles. The van der Waals surface area contributed by atoms with Gasteiger partial charge in [-0.1, -0.05) is 30.3 Å². The summed E-state index contributed by atoms with van der Waals surface area (Å²) in [7, 11) is 0. The first-order valence-electron chi connectivity index (χ1n) is 6.04. The molecule has 6 nitrogen and oxygen atoms in total. The lowest BCUT2D eigenvalue weighted by molar-refractivity contribution is 0.834. The number of nitrogens with two attached hydrogens (primary N) is 2. The SMILES string of the molecule is N#Cc1c(N)n(Cc2ccccc2)c2ncnc(N)c12. The Labute approximate surface area is 115 Å². The minimum absolute atomic E-state index is 0.269. The molecule has 0 unspecified atom stereocenters. The molecule has 2 aromatic heterocycles. The summed E-state index contributed by atoms with van der Waals surface area (Å²) in [4.78, 5) is 8.13. The van der Waals surface area contributed by atoms with Gasteiger partial charge in [-0.15, -0.1) is 0 Å². The average Bonchev–Trinajstić information content (AvgIpc) is 2.74. The van der Waals surface area contributed by atoms with E-state index in [9.17, 15) is 5.26 Å². The largest absolute Gasteiger partial charge is 0.384 e. The fourth-order valence-corrected chi connectivity index (χ4v) is 2.25. The standard InChI is InChI=1S/C14H12N6/c15-6-10-11-12(16)18-8-19-14(11)20(13(10)17)7-9-4-2-1-3-5-9/h1-5,8H,7,17H2,(H2,16,18,19). The molecular formula is C14H12N6. The van der Waals surface area contributed by atoms with E-state index in [-0.39, 0.29) is 5.82 Å². The lowest BCUT2D eigenvalue weighted by Crippen LogP contribution is -2.05. The van der Waals surface area contributed by atoms with E-state index in [1.165, 1.54) is 6.33 Å². The molecule has 3 aromatic rings. The molecule has 0 aliphatic heterocycles. The zero-order chi connectivity index (χ0) is 14.1. The number of fused-ring (bicyclic) bond motifs is 1. The Bertz CT molecular complexity index is 813. The van der Waals surface area contributed by atoms with Crippen molar-refractivity contribution < 1.29 is 0 Å². The van der Waals surface area contributed by atoms with Crippen molar-refractivity contribution in [3.8, 4) is 6.07 Å². The predicted molar refractivity (Wildman–Crippen MR) is 76.6 cm³/mol. The highest BCUT2D eigenvalue weighted by Gasteiger charge is 2.18. The maximum absolute atomic E-state index is 9.27. The number of nitriles is 1. The molecule has 0 aliphatic carbocycles. The Morgan fingerprint density at radius 2 is 1.90 bits per heavy atom. The number of anilines is 2. The van der Waals surface area contributed by atoms with Crippen molar-refractivity contribution in [2.75, 3.05) is 11.5 Å². The lowest BCUT2D eigenvalue weighted by Gasteiger charge is -2.07. The van der Waals surface area contributed by atoms with Crippen molar-refractivity contribution in [3.05, 3.63) is 47.8 Å². The number of hydrogen-bond donors (Lipinski definition) is 2. The summed E-state index contributed by atoms with van der Waals surface area (Å²) in [6.07, 6.45) is 1.37. The van der Waals surface area contributed by atoms with E-state index in [4.69, 9.17) is 11.5 Å². The van der Waals surface area contributed by atoms with Gasteiger partial charge >= 0.3 is 0 Å². The number of aromatic nitrogens is 3. The Morgan fingerprint density at radius 1 is 1.15 bits per heavy atom. The first kappa shape index (κ1) is 12.0. The molecule has 0 bridgehead atoms. The summed E-state index contributed by atoms with van der Waals surface area (Å²) in [5.41, 5.74) is 13.9. The molecular weight excluding hydrogens is 252 g/mol. The molecule has 3 rings (SSSR count). The normalized spacial score (nSPS) is 10.6. The van der Waals surface area contributed by atoms with E-state index in [1.54, 1.807) is 4.57 Å². The Morgan fingerprint density at radius 3 is 2.60 bits per heavy atom. The highest BCUT2D eigenvalue weighted by Crippen LogP contribution is 2.29. The van der Waals surface area contributed by atoms with Gasteiger partial charge in [0.2, 0.25) is 0 Å². The van der Waals surface area contributed by atoms with Gasteiger partial charge in [-0.2, -0.15) is 5.26 Å². The van der Waals surface area contributed by atoms with Crippen LogP contribution in [0.4, 0.5) is 11.6 Å². The second-order valence-electron chi connectivity index (χ2n) is 4.40. The average molecular weight is 264 g/mol. The van der Waals surface area contributed by atoms with Crippen LogP contribution in [0, 0.1) is 11.3 Å². The zero-order valence-corrected chi connectivity index (χ0v) is 10.6. The summed E-state index contributed by atoms with van der Waals surface area (Å²) in [5.74, 6) is 0.628. The van der Waals surface area contributed by atoms with Crippen LogP contribution in [0.3, 0.4) is 0 Å². The maximum atomic E-state index is 9.27. The number of nitrogens with zero attached hydrogens (tertiary/aromatic N) is 4. The topological polar surface area (TPSA) is 107 Å². The number of rotatable bonds is 2. The van der Waals surface area contributed by atoms with Crippen molar-refractivity contribution in [1.29, 1.82) is 5.26 Å². The molecule has 0 fully saturated rings. The molecule has 2 heterocycles. The third kappa shape index (κ3) is 1.73. The molecule has 0 aliphatic rings. The second-order valence-corrected chi connectivity index (χ2v) is 4.40. The summed E-state index contributed by atoms with van der Waals surface area (Å²) in [6.45, 7) is 0.529. The first-order valence-corrected chi connectivity index (χ1v) is 6.04. The number of benzene rings is 1. The monoisotopic (exact) mass is 264 g/mol. The molecule has 0 atom stereocenters. The van der Waals surface area contributed by atoms with Gasteiger partial charge < -0.3 is 16.0 Å². The van der Waals surface area contributed by atoms with Gasteiger partial charge in [0.25, 0.3) is 0 Å². The fraction of sp³-hybridized carbons (Fsp3) is 0.0714. The number of hydrogen-bond acceptors (Lipinski definition) is 5. The fourth-order valence-electron chi connectivity index (χ4n) is 2.25.